The second-order valence-electron chi connectivity index (χ2n) is 3.38. The van der Waals surface area contributed by atoms with Gasteiger partial charge in [0, 0.05) is 0 Å². The van der Waals surface area contributed by atoms with Gasteiger partial charge in [-0.2, -0.15) is 0 Å². The third kappa shape index (κ3) is 3.66. The maximum absolute atomic E-state index is 3.75. The Morgan fingerprint density at radius 1 is 0.900 bits per heavy atom. The summed E-state index contributed by atoms with van der Waals surface area (Å²) in [6.07, 6.45) is 0. The van der Waals surface area contributed by atoms with Gasteiger partial charge in [0.1, 0.15) is 0 Å². The van der Waals surface area contributed by atoms with Gasteiger partial charge in [0.2, 0.25) is 0 Å². The van der Waals surface area contributed by atoms with Crippen LogP contribution in [0.3, 0.4) is 0 Å². The lowest BCUT2D eigenvalue weighted by Gasteiger charge is -2.36. The number of nitrogens with zero attached hydrogens (tertiary/aromatic N) is 1. The van der Waals surface area contributed by atoms with Gasteiger partial charge in [0.15, 0.2) is 13.7 Å². The summed E-state index contributed by atoms with van der Waals surface area (Å²) in [4.78, 5) is 0. The topological polar surface area (TPSA) is 3.24 Å². The smallest absolute Gasteiger partial charge is 0.190 e. The Hall–Kier alpha value is 1.35. The van der Waals surface area contributed by atoms with E-state index >= 15 is 0 Å². The van der Waals surface area contributed by atoms with Gasteiger partial charge in [-0.05, 0) is 33.2 Å². The summed E-state index contributed by atoms with van der Waals surface area (Å²) in [5, 5.41) is 0. The Morgan fingerprint density at radius 3 is 1.10 bits per heavy atom. The number of hydrogen-bond donors (Lipinski definition) is 0. The van der Waals surface area contributed by atoms with E-state index in [0.29, 0.717) is 0 Å². The van der Waals surface area contributed by atoms with E-state index in [1.54, 1.807) is 0 Å². The fourth-order valence-electron chi connectivity index (χ4n) is 0.632. The van der Waals surface area contributed by atoms with E-state index in [0.717, 1.165) is 0 Å². The highest BCUT2D eigenvalue weighted by Crippen LogP contribution is 2.25. The van der Waals surface area contributed by atoms with Gasteiger partial charge >= 0.3 is 0 Å². The Bertz CT molecular complexity index is 102. The van der Waals surface area contributed by atoms with Crippen LogP contribution in [0.25, 0.3) is 0 Å². The third-order valence-corrected chi connectivity index (χ3v) is 13.3. The molecule has 1 nitrogen and oxygen atoms in total. The molecule has 0 saturated carbocycles. The number of rotatable bonds is 2. The molecule has 0 spiro atoms. The van der Waals surface area contributed by atoms with Gasteiger partial charge in [-0.15, -0.1) is 30.6 Å². The van der Waals surface area contributed by atoms with Crippen molar-refractivity contribution in [2.75, 3.05) is 7.05 Å². The van der Waals surface area contributed by atoms with Gasteiger partial charge in [0.25, 0.3) is 0 Å². The average Bonchev–Trinajstić information content (AvgIpc) is 1.59. The molecule has 5 heteroatoms. The zero-order chi connectivity index (χ0) is 8.58. The minimum atomic E-state index is -1.24. The molecule has 0 aliphatic heterocycles. The minimum Gasteiger partial charge on any atom is -0.331 e. The lowest BCUT2D eigenvalue weighted by molar-refractivity contribution is 0.799. The highest BCUT2D eigenvalue weighted by atomic mass is 79.9. The maximum atomic E-state index is 3.75. The number of halogens is 2. The molecule has 0 N–H and O–H groups in total. The van der Waals surface area contributed by atoms with Crippen molar-refractivity contribution < 1.29 is 0 Å². The van der Waals surface area contributed by atoms with Crippen LogP contribution in [0.15, 0.2) is 0 Å². The fraction of sp³-hybridized carbons (Fsp3) is 1.00. The molecular weight excluding hydrogens is 290 g/mol. The first-order chi connectivity index (χ1) is 4.15. The normalized spacial score (nSPS) is 14.4. The summed E-state index contributed by atoms with van der Waals surface area (Å²) in [5.74, 6) is 0. The first-order valence-corrected chi connectivity index (χ1v) is 13.7. The van der Waals surface area contributed by atoms with Crippen LogP contribution >= 0.6 is 30.6 Å². The molecule has 0 atom stereocenters. The van der Waals surface area contributed by atoms with Crippen molar-refractivity contribution in [2.24, 2.45) is 0 Å². The van der Waals surface area contributed by atoms with Crippen molar-refractivity contribution in [3.05, 3.63) is 0 Å². The van der Waals surface area contributed by atoms with E-state index in [4.69, 9.17) is 0 Å². The summed E-state index contributed by atoms with van der Waals surface area (Å²) in [6, 6.07) is 0. The molecular formula is C5H15Br2NSi2. The summed E-state index contributed by atoms with van der Waals surface area (Å²) in [5.41, 5.74) is 0. The summed E-state index contributed by atoms with van der Waals surface area (Å²) >= 11 is 7.50. The minimum absolute atomic E-state index is 1.24. The van der Waals surface area contributed by atoms with Crippen LogP contribution in [-0.2, 0) is 0 Å². The highest BCUT2D eigenvalue weighted by molar-refractivity contribution is 9.27. The second-order valence-corrected chi connectivity index (χ2v) is 22.4. The van der Waals surface area contributed by atoms with E-state index in [1.807, 2.05) is 0 Å². The van der Waals surface area contributed by atoms with Crippen LogP contribution in [0.2, 0.25) is 26.2 Å². The van der Waals surface area contributed by atoms with Crippen LogP contribution in [0.4, 0.5) is 0 Å². The molecule has 0 aromatic heterocycles. The first-order valence-electron chi connectivity index (χ1n) is 3.27. The third-order valence-electron chi connectivity index (χ3n) is 1.60. The van der Waals surface area contributed by atoms with Crippen molar-refractivity contribution in [1.82, 2.24) is 4.23 Å². The molecule has 0 fully saturated rings. The Kier molecular flexibility index (Phi) is 3.85. The van der Waals surface area contributed by atoms with Crippen LogP contribution < -0.4 is 0 Å². The molecule has 0 aromatic carbocycles. The van der Waals surface area contributed by atoms with Crippen molar-refractivity contribution in [3.8, 4) is 0 Å². The Labute approximate surface area is 81.5 Å². The lowest BCUT2D eigenvalue weighted by atomic mass is 11.6. The summed E-state index contributed by atoms with van der Waals surface area (Å²) in [6.45, 7) is 6.71. The maximum Gasteiger partial charge on any atom is 0.190 e. The SMILES string of the molecule is CN([Si](C)(C)Br)[Si](C)(C)Br. The molecule has 0 rings (SSSR count). The predicted molar refractivity (Wildman–Crippen MR) is 60.6 cm³/mol. The van der Waals surface area contributed by atoms with Crippen LogP contribution in [-0.4, -0.2) is 25.0 Å². The molecule has 0 aliphatic carbocycles. The fourth-order valence-corrected chi connectivity index (χ4v) is 15.8. The van der Waals surface area contributed by atoms with Gasteiger partial charge < -0.3 is 4.23 Å². The van der Waals surface area contributed by atoms with E-state index in [1.165, 1.54) is 0 Å². The van der Waals surface area contributed by atoms with Crippen LogP contribution in [0, 0.1) is 0 Å². The standard InChI is InChI=1S/C5H15Br2NSi2/c1-8(9(2,3)6)10(4,5)7/h1-5H3. The van der Waals surface area contributed by atoms with Crippen LogP contribution in [0.5, 0.6) is 0 Å². The van der Waals surface area contributed by atoms with E-state index in [2.05, 4.69) is 68.1 Å². The van der Waals surface area contributed by atoms with Gasteiger partial charge in [-0.25, -0.2) is 0 Å². The molecule has 0 aliphatic rings. The van der Waals surface area contributed by atoms with E-state index in [-0.39, 0.29) is 0 Å². The Morgan fingerprint density at radius 2 is 1.10 bits per heavy atom. The quantitative estimate of drug-likeness (QED) is 0.560. The van der Waals surface area contributed by atoms with Crippen molar-refractivity contribution in [3.63, 3.8) is 0 Å². The highest BCUT2D eigenvalue weighted by Gasteiger charge is 2.34. The molecule has 0 bridgehead atoms. The molecule has 62 valence electrons. The predicted octanol–water partition coefficient (Wildman–Crippen LogP) is 3.11. The molecule has 10 heavy (non-hydrogen) atoms. The average molecular weight is 305 g/mol. The van der Waals surface area contributed by atoms with Gasteiger partial charge in [0.05, 0.1) is 0 Å². The van der Waals surface area contributed by atoms with Crippen molar-refractivity contribution in [2.45, 2.75) is 26.2 Å². The summed E-state index contributed by atoms with van der Waals surface area (Å²) < 4.78 is 2.49. The molecule has 0 saturated heterocycles. The van der Waals surface area contributed by atoms with Crippen molar-refractivity contribution >= 4 is 44.3 Å². The van der Waals surface area contributed by atoms with Gasteiger partial charge in [-0.3, -0.25) is 0 Å². The van der Waals surface area contributed by atoms with E-state index < -0.39 is 13.7 Å². The lowest BCUT2D eigenvalue weighted by Crippen LogP contribution is -2.53. The summed E-state index contributed by atoms with van der Waals surface area (Å²) in [7, 11) is 2.20. The number of hydrogen-bond acceptors (Lipinski definition) is 1. The van der Waals surface area contributed by atoms with Crippen LogP contribution in [0.1, 0.15) is 0 Å². The molecule has 0 amide bonds. The molecule has 0 radical (unpaired) electrons. The van der Waals surface area contributed by atoms with Gasteiger partial charge in [-0.1, -0.05) is 0 Å². The zero-order valence-corrected chi connectivity index (χ0v) is 12.4. The Balaban J connectivity index is 4.23. The molecule has 0 unspecified atom stereocenters. The molecule has 0 aromatic rings. The second kappa shape index (κ2) is 3.39. The van der Waals surface area contributed by atoms with Crippen molar-refractivity contribution in [1.29, 1.82) is 0 Å². The van der Waals surface area contributed by atoms with E-state index in [9.17, 15) is 0 Å². The molecule has 0 heterocycles. The first kappa shape index (κ1) is 11.4. The monoisotopic (exact) mass is 303 g/mol. The zero-order valence-electron chi connectivity index (χ0n) is 7.20. The largest absolute Gasteiger partial charge is 0.331 e.